The second-order valence-electron chi connectivity index (χ2n) is 7.61. The minimum atomic E-state index is -1.23. The van der Waals surface area contributed by atoms with Crippen LogP contribution in [0.5, 0.6) is 0 Å². The smallest absolute Gasteiger partial charge is 0.331 e. The summed E-state index contributed by atoms with van der Waals surface area (Å²) < 4.78 is 5.11. The maximum absolute atomic E-state index is 12.9. The summed E-state index contributed by atoms with van der Waals surface area (Å²) in [7, 11) is 0. The van der Waals surface area contributed by atoms with E-state index >= 15 is 0 Å². The molecule has 4 bridgehead atoms. The summed E-state index contributed by atoms with van der Waals surface area (Å²) in [4.78, 5) is 25.0. The number of rotatable bonds is 4. The third kappa shape index (κ3) is 2.47. The zero-order valence-electron chi connectivity index (χ0n) is 12.8. The van der Waals surface area contributed by atoms with Crippen molar-refractivity contribution in [2.75, 3.05) is 0 Å². The van der Waals surface area contributed by atoms with Crippen molar-refractivity contribution < 1.29 is 14.3 Å². The molecule has 0 amide bonds. The topological polar surface area (TPSA) is 67.2 Å². The highest BCUT2D eigenvalue weighted by Crippen LogP contribution is 2.60. The Kier molecular flexibility index (Phi) is 3.55. The molecule has 4 aliphatic carbocycles. The van der Waals surface area contributed by atoms with Crippen molar-refractivity contribution in [3.05, 3.63) is 0 Å². The number of nitrogens with zero attached hydrogens (tertiary/aromatic N) is 1. The van der Waals surface area contributed by atoms with E-state index < -0.39 is 17.3 Å². The molecule has 0 radical (unpaired) electrons. The predicted octanol–water partition coefficient (Wildman–Crippen LogP) is 2.86. The van der Waals surface area contributed by atoms with Gasteiger partial charge in [0.05, 0.1) is 12.2 Å². The molecule has 21 heavy (non-hydrogen) atoms. The highest BCUT2D eigenvalue weighted by molar-refractivity contribution is 6.04. The number of ketones is 1. The summed E-state index contributed by atoms with van der Waals surface area (Å²) in [6, 6.07) is 1.91. The number of carbonyl (C=O) groups is 2. The molecule has 4 aliphatic rings. The van der Waals surface area contributed by atoms with Crippen LogP contribution in [-0.4, -0.2) is 17.9 Å². The first kappa shape index (κ1) is 14.6. The van der Waals surface area contributed by atoms with E-state index in [1.54, 1.807) is 13.8 Å². The normalized spacial score (nSPS) is 38.1. The minimum Gasteiger partial charge on any atom is -0.462 e. The summed E-state index contributed by atoms with van der Waals surface area (Å²) >= 11 is 0. The Labute approximate surface area is 125 Å². The molecule has 0 saturated heterocycles. The summed E-state index contributed by atoms with van der Waals surface area (Å²) in [5.41, 5.74) is -0.412. The maximum Gasteiger partial charge on any atom is 0.331 e. The van der Waals surface area contributed by atoms with Gasteiger partial charge in [0.2, 0.25) is 5.92 Å². The molecule has 4 saturated carbocycles. The van der Waals surface area contributed by atoms with Crippen molar-refractivity contribution in [3.8, 4) is 6.07 Å². The number of Topliss-reactive ketones (excluding diaryl/α,β-unsaturated/α-hetero) is 1. The fourth-order valence-corrected chi connectivity index (χ4v) is 5.24. The molecule has 0 heterocycles. The maximum atomic E-state index is 12.9. The fourth-order valence-electron chi connectivity index (χ4n) is 5.24. The largest absolute Gasteiger partial charge is 0.462 e. The van der Waals surface area contributed by atoms with Gasteiger partial charge in [-0.25, -0.2) is 0 Å². The molecule has 0 N–H and O–H groups in total. The molecular formula is C17H23NO3. The number of nitriles is 1. The lowest BCUT2D eigenvalue weighted by atomic mass is 9.48. The van der Waals surface area contributed by atoms with E-state index in [1.807, 2.05) is 6.07 Å². The molecule has 4 nitrogen and oxygen atoms in total. The summed E-state index contributed by atoms with van der Waals surface area (Å²) in [5.74, 6) is -0.173. The Balaban J connectivity index is 1.80. The van der Waals surface area contributed by atoms with Gasteiger partial charge in [0.15, 0.2) is 5.78 Å². The molecule has 4 rings (SSSR count). The number of ether oxygens (including phenoxy) is 1. The predicted molar refractivity (Wildman–Crippen MR) is 75.9 cm³/mol. The lowest BCUT2D eigenvalue weighted by Crippen LogP contribution is -2.52. The van der Waals surface area contributed by atoms with Gasteiger partial charge < -0.3 is 4.74 Å². The van der Waals surface area contributed by atoms with Crippen molar-refractivity contribution in [2.24, 2.45) is 29.1 Å². The Morgan fingerprint density at radius 2 is 1.57 bits per heavy atom. The highest BCUT2D eigenvalue weighted by Gasteiger charge is 2.56. The summed E-state index contributed by atoms with van der Waals surface area (Å²) in [6.45, 7) is 3.48. The zero-order valence-corrected chi connectivity index (χ0v) is 12.8. The van der Waals surface area contributed by atoms with Gasteiger partial charge in [0, 0.05) is 5.41 Å². The van der Waals surface area contributed by atoms with Crippen LogP contribution in [0.3, 0.4) is 0 Å². The average molecular weight is 289 g/mol. The molecule has 1 atom stereocenters. The third-order valence-electron chi connectivity index (χ3n) is 5.54. The molecule has 0 aromatic rings. The van der Waals surface area contributed by atoms with Gasteiger partial charge in [-0.15, -0.1) is 0 Å². The molecule has 0 aliphatic heterocycles. The van der Waals surface area contributed by atoms with Crippen molar-refractivity contribution in [1.82, 2.24) is 0 Å². The van der Waals surface area contributed by atoms with Crippen LogP contribution in [0.2, 0.25) is 0 Å². The Morgan fingerprint density at radius 1 is 1.10 bits per heavy atom. The second-order valence-corrected chi connectivity index (χ2v) is 7.61. The first-order valence-electron chi connectivity index (χ1n) is 8.08. The van der Waals surface area contributed by atoms with E-state index in [-0.39, 0.29) is 11.9 Å². The standard InChI is InChI=1S/C17H23NO3/c1-10(2)21-16(20)14(9-18)15(19)17-6-11-3-12(7-17)5-13(4-11)8-17/h10-14H,3-8H2,1-2H3. The fraction of sp³-hybridized carbons (Fsp3) is 0.824. The Bertz CT molecular complexity index is 467. The Morgan fingerprint density at radius 3 is 1.95 bits per heavy atom. The van der Waals surface area contributed by atoms with Crippen molar-refractivity contribution in [1.29, 1.82) is 5.26 Å². The number of hydrogen-bond donors (Lipinski definition) is 0. The van der Waals surface area contributed by atoms with E-state index in [0.717, 1.165) is 19.3 Å². The quantitative estimate of drug-likeness (QED) is 0.589. The van der Waals surface area contributed by atoms with Crippen LogP contribution in [0, 0.1) is 40.4 Å². The van der Waals surface area contributed by atoms with Gasteiger partial charge in [0.1, 0.15) is 0 Å². The van der Waals surface area contributed by atoms with Gasteiger partial charge in [-0.2, -0.15) is 5.26 Å². The third-order valence-corrected chi connectivity index (χ3v) is 5.54. The lowest BCUT2D eigenvalue weighted by Gasteiger charge is -2.56. The first-order valence-corrected chi connectivity index (χ1v) is 8.08. The summed E-state index contributed by atoms with van der Waals surface area (Å²) in [5, 5.41) is 9.31. The van der Waals surface area contributed by atoms with Gasteiger partial charge in [0.25, 0.3) is 0 Å². The van der Waals surface area contributed by atoms with Gasteiger partial charge in [-0.3, -0.25) is 9.59 Å². The van der Waals surface area contributed by atoms with Crippen molar-refractivity contribution >= 4 is 11.8 Å². The molecule has 1 unspecified atom stereocenters. The molecule has 0 spiro atoms. The molecule has 0 aromatic heterocycles. The number of esters is 1. The van der Waals surface area contributed by atoms with E-state index in [4.69, 9.17) is 4.74 Å². The Hall–Kier alpha value is -1.37. The van der Waals surface area contributed by atoms with E-state index in [0.29, 0.717) is 17.8 Å². The number of hydrogen-bond acceptors (Lipinski definition) is 4. The highest BCUT2D eigenvalue weighted by atomic mass is 16.5. The molecule has 114 valence electrons. The van der Waals surface area contributed by atoms with Crippen LogP contribution in [0.1, 0.15) is 52.4 Å². The van der Waals surface area contributed by atoms with Crippen molar-refractivity contribution in [3.63, 3.8) is 0 Å². The molecule has 0 aromatic carbocycles. The van der Waals surface area contributed by atoms with Gasteiger partial charge >= 0.3 is 5.97 Å². The first-order chi connectivity index (χ1) is 9.93. The van der Waals surface area contributed by atoms with Crippen LogP contribution >= 0.6 is 0 Å². The molecule has 4 heteroatoms. The van der Waals surface area contributed by atoms with Gasteiger partial charge in [-0.05, 0) is 70.1 Å². The zero-order chi connectivity index (χ0) is 15.2. The lowest BCUT2D eigenvalue weighted by molar-refractivity contribution is -0.160. The van der Waals surface area contributed by atoms with Crippen LogP contribution in [-0.2, 0) is 14.3 Å². The summed E-state index contributed by atoms with van der Waals surface area (Å²) in [6.07, 6.45) is 6.05. The van der Waals surface area contributed by atoms with E-state index in [2.05, 4.69) is 0 Å². The number of carbonyl (C=O) groups excluding carboxylic acids is 2. The molecule has 4 fully saturated rings. The molecular weight excluding hydrogens is 266 g/mol. The van der Waals surface area contributed by atoms with Crippen LogP contribution < -0.4 is 0 Å². The second kappa shape index (κ2) is 5.12. The van der Waals surface area contributed by atoms with E-state index in [1.165, 1.54) is 19.3 Å². The minimum absolute atomic E-state index is 0.158. The van der Waals surface area contributed by atoms with E-state index in [9.17, 15) is 14.9 Å². The van der Waals surface area contributed by atoms with Crippen LogP contribution in [0.15, 0.2) is 0 Å². The average Bonchev–Trinajstić information content (AvgIpc) is 2.36. The van der Waals surface area contributed by atoms with Crippen molar-refractivity contribution in [2.45, 2.75) is 58.5 Å². The monoisotopic (exact) mass is 289 g/mol. The van der Waals surface area contributed by atoms with Crippen LogP contribution in [0.25, 0.3) is 0 Å². The SMILES string of the molecule is CC(C)OC(=O)C(C#N)C(=O)C12CC3CC(CC(C3)C1)C2. The van der Waals surface area contributed by atoms with Gasteiger partial charge in [-0.1, -0.05) is 0 Å². The van der Waals surface area contributed by atoms with Crippen LogP contribution in [0.4, 0.5) is 0 Å².